The molecule has 1 heteroatoms. The van der Waals surface area contributed by atoms with Gasteiger partial charge in [0, 0.05) is 18.8 Å². The van der Waals surface area contributed by atoms with E-state index in [0.717, 1.165) is 23.7 Å². The molecule has 1 nitrogen and oxygen atoms in total. The second-order valence-electron chi connectivity index (χ2n) is 7.99. The van der Waals surface area contributed by atoms with Crippen LogP contribution in [0.1, 0.15) is 45.1 Å². The normalized spacial score (nSPS) is 33.4. The summed E-state index contributed by atoms with van der Waals surface area (Å²) >= 11 is 0. The Morgan fingerprint density at radius 2 is 1.74 bits per heavy atom. The van der Waals surface area contributed by atoms with Crippen molar-refractivity contribution in [1.82, 2.24) is 0 Å². The monoisotopic (exact) mass is 255 g/mol. The van der Waals surface area contributed by atoms with E-state index in [4.69, 9.17) is 0 Å². The van der Waals surface area contributed by atoms with Crippen molar-refractivity contribution < 1.29 is 0 Å². The summed E-state index contributed by atoms with van der Waals surface area (Å²) in [6.07, 6.45) is 2.81. The van der Waals surface area contributed by atoms with Crippen LogP contribution in [0.15, 0.2) is 24.3 Å². The first kappa shape index (κ1) is 11.8. The summed E-state index contributed by atoms with van der Waals surface area (Å²) in [5, 5.41) is 0. The topological polar surface area (TPSA) is 3.24 Å². The number of hydrogen-bond acceptors (Lipinski definition) is 1. The van der Waals surface area contributed by atoms with E-state index in [-0.39, 0.29) is 0 Å². The summed E-state index contributed by atoms with van der Waals surface area (Å²) in [6, 6.07) is 9.33. The van der Waals surface area contributed by atoms with E-state index in [1.807, 2.05) is 0 Å². The molecule has 2 unspecified atom stereocenters. The highest BCUT2D eigenvalue weighted by Crippen LogP contribution is 2.60. The van der Waals surface area contributed by atoms with Crippen LogP contribution in [0.3, 0.4) is 0 Å². The zero-order chi connectivity index (χ0) is 13.2. The van der Waals surface area contributed by atoms with Gasteiger partial charge in [0.1, 0.15) is 0 Å². The summed E-state index contributed by atoms with van der Waals surface area (Å²) in [5.74, 6) is 3.77. The molecule has 0 aromatic heterocycles. The van der Waals surface area contributed by atoms with Crippen LogP contribution in [0.25, 0.3) is 0 Å². The minimum atomic E-state index is 0.511. The Hall–Kier alpha value is -0.980. The van der Waals surface area contributed by atoms with Gasteiger partial charge in [0.25, 0.3) is 0 Å². The Morgan fingerprint density at radius 1 is 1.05 bits per heavy atom. The van der Waals surface area contributed by atoms with Gasteiger partial charge in [0.15, 0.2) is 0 Å². The Labute approximate surface area is 117 Å². The predicted molar refractivity (Wildman–Crippen MR) is 80.6 cm³/mol. The average Bonchev–Trinajstić information content (AvgIpc) is 3.27. The number of hydrogen-bond donors (Lipinski definition) is 0. The number of piperidine rings is 1. The van der Waals surface area contributed by atoms with Gasteiger partial charge in [-0.3, -0.25) is 0 Å². The van der Waals surface area contributed by atoms with Crippen molar-refractivity contribution in [1.29, 1.82) is 0 Å². The Morgan fingerprint density at radius 3 is 2.32 bits per heavy atom. The smallest absolute Gasteiger partial charge is 0.0369 e. The van der Waals surface area contributed by atoms with E-state index in [1.165, 1.54) is 31.6 Å². The van der Waals surface area contributed by atoms with Crippen molar-refractivity contribution in [3.8, 4) is 0 Å². The molecular formula is C18H25N. The zero-order valence-corrected chi connectivity index (χ0v) is 12.4. The van der Waals surface area contributed by atoms with Gasteiger partial charge in [-0.25, -0.2) is 0 Å². The molecule has 102 valence electrons. The molecule has 0 N–H and O–H groups in total. The highest BCUT2D eigenvalue weighted by Gasteiger charge is 2.59. The third-order valence-electron chi connectivity index (χ3n) is 5.48. The minimum absolute atomic E-state index is 0.511. The Bertz CT molecular complexity index is 483. The number of nitrogens with zero attached hydrogens (tertiary/aromatic N) is 1. The number of fused-ring (bicyclic) bond motifs is 1. The van der Waals surface area contributed by atoms with Crippen molar-refractivity contribution >= 4 is 5.69 Å². The van der Waals surface area contributed by atoms with E-state index in [0.29, 0.717) is 5.41 Å². The maximum absolute atomic E-state index is 2.63. The van der Waals surface area contributed by atoms with Gasteiger partial charge in [0.05, 0.1) is 0 Å². The second kappa shape index (κ2) is 3.77. The lowest BCUT2D eigenvalue weighted by Gasteiger charge is -2.27. The summed E-state index contributed by atoms with van der Waals surface area (Å²) in [6.45, 7) is 9.82. The number of anilines is 1. The average molecular weight is 255 g/mol. The van der Waals surface area contributed by atoms with E-state index in [2.05, 4.69) is 49.9 Å². The fourth-order valence-electron chi connectivity index (χ4n) is 4.41. The largest absolute Gasteiger partial charge is 0.371 e. The molecular weight excluding hydrogens is 230 g/mol. The number of rotatable bonds is 2. The zero-order valence-electron chi connectivity index (χ0n) is 12.4. The number of benzene rings is 1. The van der Waals surface area contributed by atoms with Crippen LogP contribution < -0.4 is 4.90 Å². The molecule has 3 fully saturated rings. The molecule has 3 aliphatic rings. The van der Waals surface area contributed by atoms with Gasteiger partial charge in [-0.1, -0.05) is 32.9 Å². The third kappa shape index (κ3) is 1.98. The summed E-state index contributed by atoms with van der Waals surface area (Å²) < 4.78 is 0. The summed E-state index contributed by atoms with van der Waals surface area (Å²) in [7, 11) is 0. The van der Waals surface area contributed by atoms with Crippen LogP contribution in [-0.4, -0.2) is 13.1 Å². The first-order chi connectivity index (χ1) is 9.04. The van der Waals surface area contributed by atoms with Crippen molar-refractivity contribution in [2.45, 2.75) is 39.5 Å². The molecule has 2 atom stereocenters. The van der Waals surface area contributed by atoms with E-state index in [1.54, 1.807) is 5.56 Å². The van der Waals surface area contributed by atoms with Crippen LogP contribution >= 0.6 is 0 Å². The molecule has 2 saturated carbocycles. The highest BCUT2D eigenvalue weighted by atomic mass is 15.2. The van der Waals surface area contributed by atoms with Crippen molar-refractivity contribution in [3.05, 3.63) is 29.8 Å². The molecule has 1 aromatic carbocycles. The lowest BCUT2D eigenvalue weighted by Crippen LogP contribution is -2.27. The van der Waals surface area contributed by atoms with E-state index in [9.17, 15) is 0 Å². The summed E-state index contributed by atoms with van der Waals surface area (Å²) in [5.41, 5.74) is 3.56. The maximum atomic E-state index is 2.63. The van der Waals surface area contributed by atoms with Gasteiger partial charge >= 0.3 is 0 Å². The standard InChI is InChI=1S/C18H25N/c1-18(2,3)17-15-10-19(11-16(15)17)14-6-4-5-13(9-14)12-7-8-12/h4-6,9,12,15-17H,7-8,10-11H2,1-3H3. The lowest BCUT2D eigenvalue weighted by atomic mass is 9.87. The quantitative estimate of drug-likeness (QED) is 0.762. The third-order valence-corrected chi connectivity index (χ3v) is 5.48. The molecule has 19 heavy (non-hydrogen) atoms. The Kier molecular flexibility index (Phi) is 2.35. The molecule has 0 radical (unpaired) electrons. The first-order valence-electron chi connectivity index (χ1n) is 7.89. The maximum Gasteiger partial charge on any atom is 0.0369 e. The van der Waals surface area contributed by atoms with Crippen LogP contribution in [0, 0.1) is 23.2 Å². The van der Waals surface area contributed by atoms with Gasteiger partial charge in [-0.05, 0) is 59.6 Å². The molecule has 1 aliphatic heterocycles. The van der Waals surface area contributed by atoms with Crippen molar-refractivity contribution in [3.63, 3.8) is 0 Å². The molecule has 1 saturated heterocycles. The fourth-order valence-corrected chi connectivity index (χ4v) is 4.41. The van der Waals surface area contributed by atoms with Crippen LogP contribution in [-0.2, 0) is 0 Å². The van der Waals surface area contributed by atoms with Gasteiger partial charge in [-0.15, -0.1) is 0 Å². The van der Waals surface area contributed by atoms with Crippen molar-refractivity contribution in [2.24, 2.45) is 23.2 Å². The molecule has 1 heterocycles. The van der Waals surface area contributed by atoms with Crippen LogP contribution in [0.4, 0.5) is 5.69 Å². The van der Waals surface area contributed by atoms with Crippen molar-refractivity contribution in [2.75, 3.05) is 18.0 Å². The van der Waals surface area contributed by atoms with Gasteiger partial charge in [-0.2, -0.15) is 0 Å². The highest BCUT2D eigenvalue weighted by molar-refractivity contribution is 5.52. The molecule has 4 rings (SSSR count). The first-order valence-corrected chi connectivity index (χ1v) is 7.89. The van der Waals surface area contributed by atoms with Crippen LogP contribution in [0.2, 0.25) is 0 Å². The minimum Gasteiger partial charge on any atom is -0.371 e. The molecule has 2 aliphatic carbocycles. The lowest BCUT2D eigenvalue weighted by molar-refractivity contribution is 0.309. The Balaban J connectivity index is 1.47. The fraction of sp³-hybridized carbons (Fsp3) is 0.667. The SMILES string of the molecule is CC(C)(C)C1C2CN(c3cccc(C4CC4)c3)CC21. The molecule has 0 amide bonds. The molecule has 1 aromatic rings. The van der Waals surface area contributed by atoms with E-state index < -0.39 is 0 Å². The molecule has 0 bridgehead atoms. The van der Waals surface area contributed by atoms with Gasteiger partial charge < -0.3 is 4.90 Å². The van der Waals surface area contributed by atoms with E-state index >= 15 is 0 Å². The predicted octanol–water partition coefficient (Wildman–Crippen LogP) is 4.29. The summed E-state index contributed by atoms with van der Waals surface area (Å²) in [4.78, 5) is 2.63. The second-order valence-corrected chi connectivity index (χ2v) is 7.99. The van der Waals surface area contributed by atoms with Gasteiger partial charge in [0.2, 0.25) is 0 Å². The molecule has 0 spiro atoms. The van der Waals surface area contributed by atoms with Crippen LogP contribution in [0.5, 0.6) is 0 Å².